The quantitative estimate of drug-likeness (QED) is 0.761. The lowest BCUT2D eigenvalue weighted by Gasteiger charge is -2.40. The molecular weight excluding hydrogens is 354 g/mol. The minimum atomic E-state index is -0.0635. The van der Waals surface area contributed by atoms with Crippen molar-refractivity contribution in [3.63, 3.8) is 0 Å². The largest absolute Gasteiger partial charge is 0.341 e. The van der Waals surface area contributed by atoms with Gasteiger partial charge in [0, 0.05) is 69.1 Å². The Kier molecular flexibility index (Phi) is 5.81. The summed E-state index contributed by atoms with van der Waals surface area (Å²) in [7, 11) is 0. The Morgan fingerprint density at radius 1 is 0.964 bits per heavy atom. The van der Waals surface area contributed by atoms with Crippen LogP contribution in [0.4, 0.5) is 0 Å². The molecule has 2 aliphatic heterocycles. The van der Waals surface area contributed by atoms with E-state index in [1.165, 1.54) is 0 Å². The van der Waals surface area contributed by atoms with E-state index in [0.717, 1.165) is 63.2 Å². The summed E-state index contributed by atoms with van der Waals surface area (Å²) in [6, 6.07) is 7.14. The van der Waals surface area contributed by atoms with Gasteiger partial charge >= 0.3 is 0 Å². The molecule has 0 spiro atoms. The molecule has 0 aromatic carbocycles. The zero-order chi connectivity index (χ0) is 19.3. The lowest BCUT2D eigenvalue weighted by atomic mass is 10.0. The van der Waals surface area contributed by atoms with Crippen molar-refractivity contribution < 1.29 is 4.79 Å². The molecule has 0 N–H and O–H groups in total. The number of nitrogens with zero attached hydrogens (tertiary/aromatic N) is 5. The summed E-state index contributed by atoms with van der Waals surface area (Å²) in [6.07, 6.45) is 7.47. The van der Waals surface area contributed by atoms with E-state index in [0.29, 0.717) is 24.8 Å². The third-order valence-corrected chi connectivity index (χ3v) is 5.66. The third kappa shape index (κ3) is 4.47. The van der Waals surface area contributed by atoms with E-state index >= 15 is 0 Å². The second kappa shape index (κ2) is 8.65. The Labute approximate surface area is 165 Å². The molecule has 2 saturated heterocycles. The number of rotatable bonds is 6. The zero-order valence-electron chi connectivity index (χ0n) is 16.2. The molecule has 0 saturated carbocycles. The molecule has 4 rings (SSSR count). The van der Waals surface area contributed by atoms with E-state index in [2.05, 4.69) is 15.0 Å². The highest BCUT2D eigenvalue weighted by Crippen LogP contribution is 2.19. The van der Waals surface area contributed by atoms with E-state index in [1.54, 1.807) is 29.2 Å². The Balaban J connectivity index is 1.29. The number of hydrogen-bond acceptors (Lipinski definition) is 5. The van der Waals surface area contributed by atoms with Crippen LogP contribution in [-0.4, -0.2) is 63.2 Å². The fraction of sp³-hybridized carbons (Fsp3) is 0.524. The first-order chi connectivity index (χ1) is 13.7. The minimum Gasteiger partial charge on any atom is -0.341 e. The number of carbonyl (C=O) groups is 1. The molecule has 2 fully saturated rings. The van der Waals surface area contributed by atoms with Gasteiger partial charge < -0.3 is 9.80 Å². The minimum absolute atomic E-state index is 0.0635. The Morgan fingerprint density at radius 2 is 1.79 bits per heavy atom. The molecule has 4 heterocycles. The summed E-state index contributed by atoms with van der Waals surface area (Å²) < 4.78 is 1.58. The number of likely N-dealkylation sites (tertiary alicyclic amines) is 2. The van der Waals surface area contributed by atoms with E-state index in [9.17, 15) is 9.59 Å². The summed E-state index contributed by atoms with van der Waals surface area (Å²) in [4.78, 5) is 32.7. The van der Waals surface area contributed by atoms with Crippen molar-refractivity contribution in [3.05, 3.63) is 47.0 Å². The standard InChI is InChI=1S/C21H27N5O2/c27-20-4-2-1-3-11-25(20)13-12-24-14-17(15-24)16-26-21(28)6-5-19(23-26)18-7-9-22-10-8-18/h5-10,17H,1-4,11-16H2. The molecule has 0 aliphatic carbocycles. The van der Waals surface area contributed by atoms with E-state index in [4.69, 9.17) is 0 Å². The smallest absolute Gasteiger partial charge is 0.266 e. The van der Waals surface area contributed by atoms with Crippen LogP contribution >= 0.6 is 0 Å². The molecule has 0 radical (unpaired) electrons. The van der Waals surface area contributed by atoms with Crippen molar-refractivity contribution in [2.75, 3.05) is 32.7 Å². The first-order valence-electron chi connectivity index (χ1n) is 10.2. The molecule has 7 nitrogen and oxygen atoms in total. The SMILES string of the molecule is O=C1CCCCCN1CCN1CC(Cn2nc(-c3ccncc3)ccc2=O)C1. The predicted molar refractivity (Wildman–Crippen MR) is 107 cm³/mol. The summed E-state index contributed by atoms with van der Waals surface area (Å²) in [6.45, 7) is 5.18. The van der Waals surface area contributed by atoms with Gasteiger partial charge in [-0.3, -0.25) is 14.6 Å². The van der Waals surface area contributed by atoms with Crippen molar-refractivity contribution in [1.82, 2.24) is 24.6 Å². The van der Waals surface area contributed by atoms with Crippen LogP contribution in [0.3, 0.4) is 0 Å². The molecule has 2 aliphatic rings. The number of pyridine rings is 1. The van der Waals surface area contributed by atoms with E-state index < -0.39 is 0 Å². The number of amides is 1. The molecule has 0 bridgehead atoms. The van der Waals surface area contributed by atoms with Crippen LogP contribution in [-0.2, 0) is 11.3 Å². The van der Waals surface area contributed by atoms with Crippen molar-refractivity contribution >= 4 is 5.91 Å². The van der Waals surface area contributed by atoms with Gasteiger partial charge in [0.1, 0.15) is 0 Å². The van der Waals surface area contributed by atoms with Crippen LogP contribution in [0.25, 0.3) is 11.3 Å². The van der Waals surface area contributed by atoms with Gasteiger partial charge in [-0.15, -0.1) is 0 Å². The van der Waals surface area contributed by atoms with Crippen LogP contribution in [0.1, 0.15) is 25.7 Å². The molecule has 28 heavy (non-hydrogen) atoms. The maximum absolute atomic E-state index is 12.2. The molecule has 2 aromatic heterocycles. The van der Waals surface area contributed by atoms with E-state index in [-0.39, 0.29) is 5.56 Å². The van der Waals surface area contributed by atoms with Crippen molar-refractivity contribution in [2.24, 2.45) is 5.92 Å². The Bertz CT molecular complexity index is 861. The Hall–Kier alpha value is -2.54. The van der Waals surface area contributed by atoms with Gasteiger partial charge in [-0.05, 0) is 31.0 Å². The van der Waals surface area contributed by atoms with Crippen molar-refractivity contribution in [2.45, 2.75) is 32.2 Å². The van der Waals surface area contributed by atoms with Gasteiger partial charge in [-0.2, -0.15) is 5.10 Å². The predicted octanol–water partition coefficient (Wildman–Crippen LogP) is 1.64. The lowest BCUT2D eigenvalue weighted by Crippen LogP contribution is -2.52. The molecule has 0 unspecified atom stereocenters. The third-order valence-electron chi connectivity index (χ3n) is 5.66. The number of hydrogen-bond donors (Lipinski definition) is 0. The molecule has 1 amide bonds. The highest BCUT2D eigenvalue weighted by atomic mass is 16.2. The summed E-state index contributed by atoms with van der Waals surface area (Å²) in [5, 5.41) is 4.53. The maximum Gasteiger partial charge on any atom is 0.266 e. The topological polar surface area (TPSA) is 71.3 Å². The average Bonchev–Trinajstić information content (AvgIpc) is 2.89. The van der Waals surface area contributed by atoms with Crippen LogP contribution in [0.15, 0.2) is 41.5 Å². The summed E-state index contributed by atoms with van der Waals surface area (Å²) in [5.74, 6) is 0.732. The lowest BCUT2D eigenvalue weighted by molar-refractivity contribution is -0.131. The molecule has 0 atom stereocenters. The Morgan fingerprint density at radius 3 is 2.61 bits per heavy atom. The maximum atomic E-state index is 12.2. The molecule has 7 heteroatoms. The second-order valence-electron chi connectivity index (χ2n) is 7.79. The van der Waals surface area contributed by atoms with Gasteiger partial charge in [0.05, 0.1) is 12.2 Å². The van der Waals surface area contributed by atoms with Crippen molar-refractivity contribution in [1.29, 1.82) is 0 Å². The molecule has 148 valence electrons. The monoisotopic (exact) mass is 381 g/mol. The zero-order valence-corrected chi connectivity index (χ0v) is 16.2. The van der Waals surface area contributed by atoms with Crippen LogP contribution < -0.4 is 5.56 Å². The summed E-state index contributed by atoms with van der Waals surface area (Å²) >= 11 is 0. The highest BCUT2D eigenvalue weighted by Gasteiger charge is 2.28. The number of carbonyl (C=O) groups excluding carboxylic acids is 1. The second-order valence-corrected chi connectivity index (χ2v) is 7.79. The van der Waals surface area contributed by atoms with Gasteiger partial charge in [-0.25, -0.2) is 4.68 Å². The molecule has 2 aromatic rings. The number of aromatic nitrogens is 3. The fourth-order valence-electron chi connectivity index (χ4n) is 4.01. The average molecular weight is 381 g/mol. The summed E-state index contributed by atoms with van der Waals surface area (Å²) in [5.41, 5.74) is 1.69. The van der Waals surface area contributed by atoms with Gasteiger partial charge in [0.2, 0.25) is 5.91 Å². The first-order valence-corrected chi connectivity index (χ1v) is 10.2. The fourth-order valence-corrected chi connectivity index (χ4v) is 4.01. The first kappa shape index (κ1) is 18.8. The van der Waals surface area contributed by atoms with Crippen LogP contribution in [0, 0.1) is 5.92 Å². The highest BCUT2D eigenvalue weighted by molar-refractivity contribution is 5.76. The van der Waals surface area contributed by atoms with E-state index in [1.807, 2.05) is 17.0 Å². The van der Waals surface area contributed by atoms with Crippen molar-refractivity contribution in [3.8, 4) is 11.3 Å². The van der Waals surface area contributed by atoms with Crippen LogP contribution in [0.5, 0.6) is 0 Å². The van der Waals surface area contributed by atoms with Crippen LogP contribution in [0.2, 0.25) is 0 Å². The van der Waals surface area contributed by atoms with Gasteiger partial charge in [0.15, 0.2) is 0 Å². The van der Waals surface area contributed by atoms with Gasteiger partial charge in [0.25, 0.3) is 5.56 Å². The normalized spacial score (nSPS) is 18.7. The van der Waals surface area contributed by atoms with Gasteiger partial charge in [-0.1, -0.05) is 6.42 Å². The molecular formula is C21H27N5O2.